The first-order valence-corrected chi connectivity index (χ1v) is 7.21. The van der Waals surface area contributed by atoms with Gasteiger partial charge in [0.05, 0.1) is 23.0 Å². The highest BCUT2D eigenvalue weighted by molar-refractivity contribution is 7.91. The fourth-order valence-electron chi connectivity index (χ4n) is 1.68. The fraction of sp³-hybridized carbons (Fsp3) is 0.143. The second-order valence-corrected chi connectivity index (χ2v) is 6.06. The normalized spacial score (nSPS) is 11.5. The molecule has 0 bridgehead atoms. The summed E-state index contributed by atoms with van der Waals surface area (Å²) in [6.45, 7) is -0.239. The van der Waals surface area contributed by atoms with Crippen molar-refractivity contribution in [2.75, 3.05) is 0 Å². The van der Waals surface area contributed by atoms with Crippen LogP contribution >= 0.6 is 0 Å². The van der Waals surface area contributed by atoms with E-state index in [2.05, 4.69) is 0 Å². The number of sulfone groups is 1. The summed E-state index contributed by atoms with van der Waals surface area (Å²) in [7, 11) is -3.55. The van der Waals surface area contributed by atoms with Gasteiger partial charge in [0.1, 0.15) is 0 Å². The average Bonchev–Trinajstić information content (AvgIpc) is 2.47. The first kappa shape index (κ1) is 13.7. The molecule has 5 heteroatoms. The lowest BCUT2D eigenvalue weighted by Crippen LogP contribution is -2.02. The molecule has 19 heavy (non-hydrogen) atoms. The highest BCUT2D eigenvalue weighted by Gasteiger charge is 2.17. The molecule has 2 rings (SSSR count). The van der Waals surface area contributed by atoms with Crippen molar-refractivity contribution < 1.29 is 18.6 Å². The molecule has 0 aromatic heterocycles. The van der Waals surface area contributed by atoms with Crippen LogP contribution in [0.15, 0.2) is 58.3 Å². The predicted molar refractivity (Wildman–Crippen MR) is 70.2 cm³/mol. The number of rotatable bonds is 4. The summed E-state index contributed by atoms with van der Waals surface area (Å²) in [5.41, 5.74) is 1.32. The van der Waals surface area contributed by atoms with E-state index in [1.165, 1.54) is 24.3 Å². The molecular formula is C14H14O4S. The van der Waals surface area contributed by atoms with E-state index < -0.39 is 9.84 Å². The van der Waals surface area contributed by atoms with Crippen molar-refractivity contribution in [1.29, 1.82) is 0 Å². The van der Waals surface area contributed by atoms with E-state index in [4.69, 9.17) is 10.2 Å². The van der Waals surface area contributed by atoms with Crippen LogP contribution in [0.3, 0.4) is 0 Å². The molecule has 0 saturated carbocycles. The van der Waals surface area contributed by atoms with Crippen LogP contribution in [-0.2, 0) is 23.1 Å². The van der Waals surface area contributed by atoms with Crippen molar-refractivity contribution >= 4 is 9.84 Å². The second kappa shape index (κ2) is 5.52. The van der Waals surface area contributed by atoms with E-state index in [9.17, 15) is 8.42 Å². The zero-order chi connectivity index (χ0) is 13.9. The zero-order valence-corrected chi connectivity index (χ0v) is 11.0. The van der Waals surface area contributed by atoms with Crippen LogP contribution in [-0.4, -0.2) is 18.6 Å². The molecule has 0 saturated heterocycles. The third-order valence-corrected chi connectivity index (χ3v) is 4.62. The number of aliphatic hydroxyl groups excluding tert-OH is 2. The highest BCUT2D eigenvalue weighted by atomic mass is 32.2. The molecule has 2 N–H and O–H groups in total. The molecule has 0 heterocycles. The maximum absolute atomic E-state index is 12.3. The first-order valence-electron chi connectivity index (χ1n) is 5.72. The molecule has 0 aliphatic carbocycles. The molecular weight excluding hydrogens is 264 g/mol. The lowest BCUT2D eigenvalue weighted by molar-refractivity contribution is 0.281. The van der Waals surface area contributed by atoms with Crippen LogP contribution in [0, 0.1) is 0 Å². The summed E-state index contributed by atoms with van der Waals surface area (Å²) in [5, 5.41) is 17.9. The largest absolute Gasteiger partial charge is 0.392 e. The summed E-state index contributed by atoms with van der Waals surface area (Å²) in [4.78, 5) is 0.364. The van der Waals surface area contributed by atoms with Crippen LogP contribution in [0.5, 0.6) is 0 Å². The summed E-state index contributed by atoms with van der Waals surface area (Å²) in [5.74, 6) is 0. The van der Waals surface area contributed by atoms with E-state index in [0.717, 1.165) is 0 Å². The van der Waals surface area contributed by atoms with E-state index >= 15 is 0 Å². The van der Waals surface area contributed by atoms with Crippen molar-refractivity contribution in [3.05, 3.63) is 59.7 Å². The minimum atomic E-state index is -3.55. The van der Waals surface area contributed by atoms with Gasteiger partial charge in [0.2, 0.25) is 9.84 Å². The Balaban J connectivity index is 2.39. The Labute approximate surface area is 111 Å². The second-order valence-electron chi connectivity index (χ2n) is 4.11. The minimum absolute atomic E-state index is 0.120. The Morgan fingerprint density at radius 3 is 1.26 bits per heavy atom. The van der Waals surface area contributed by atoms with E-state index in [1.807, 2.05) is 0 Å². The number of aliphatic hydroxyl groups is 2. The Morgan fingerprint density at radius 1 is 0.684 bits per heavy atom. The molecule has 0 spiro atoms. The Morgan fingerprint density at radius 2 is 1.00 bits per heavy atom. The van der Waals surface area contributed by atoms with Gasteiger partial charge in [-0.25, -0.2) is 8.42 Å². The van der Waals surface area contributed by atoms with Crippen LogP contribution in [0.2, 0.25) is 0 Å². The molecule has 0 atom stereocenters. The van der Waals surface area contributed by atoms with Crippen molar-refractivity contribution in [1.82, 2.24) is 0 Å². The molecule has 0 fully saturated rings. The predicted octanol–water partition coefficient (Wildman–Crippen LogP) is 1.50. The third kappa shape index (κ3) is 2.84. The number of benzene rings is 2. The summed E-state index contributed by atoms with van der Waals surface area (Å²) in [6.07, 6.45) is 0. The standard InChI is InChI=1S/C14H14O4S/c15-9-11-1-5-13(6-2-11)19(17,18)14-7-3-12(10-16)4-8-14/h1-8,15-16H,9-10H2. The third-order valence-electron chi connectivity index (χ3n) is 2.83. The maximum Gasteiger partial charge on any atom is 0.206 e. The van der Waals surface area contributed by atoms with Crippen LogP contribution in [0.4, 0.5) is 0 Å². The van der Waals surface area contributed by atoms with Gasteiger partial charge in [-0.05, 0) is 35.4 Å². The van der Waals surface area contributed by atoms with Gasteiger partial charge in [0, 0.05) is 0 Å². The van der Waals surface area contributed by atoms with Gasteiger partial charge >= 0.3 is 0 Å². The molecule has 4 nitrogen and oxygen atoms in total. The van der Waals surface area contributed by atoms with Crippen LogP contribution in [0.25, 0.3) is 0 Å². The van der Waals surface area contributed by atoms with Gasteiger partial charge in [-0.1, -0.05) is 24.3 Å². The monoisotopic (exact) mass is 278 g/mol. The van der Waals surface area contributed by atoms with Crippen molar-refractivity contribution in [2.24, 2.45) is 0 Å². The van der Waals surface area contributed by atoms with Gasteiger partial charge < -0.3 is 10.2 Å². The van der Waals surface area contributed by atoms with Crippen LogP contribution in [0.1, 0.15) is 11.1 Å². The summed E-state index contributed by atoms with van der Waals surface area (Å²) in [6, 6.07) is 12.2. The zero-order valence-electron chi connectivity index (χ0n) is 10.2. The highest BCUT2D eigenvalue weighted by Crippen LogP contribution is 2.21. The summed E-state index contributed by atoms with van der Waals surface area (Å²) >= 11 is 0. The van der Waals surface area contributed by atoms with Crippen molar-refractivity contribution in [3.63, 3.8) is 0 Å². The van der Waals surface area contributed by atoms with Crippen LogP contribution < -0.4 is 0 Å². The Hall–Kier alpha value is -1.69. The van der Waals surface area contributed by atoms with Crippen molar-refractivity contribution in [2.45, 2.75) is 23.0 Å². The molecule has 0 amide bonds. The molecule has 0 unspecified atom stereocenters. The molecule has 0 radical (unpaired) electrons. The quantitative estimate of drug-likeness (QED) is 0.889. The lowest BCUT2D eigenvalue weighted by Gasteiger charge is -2.06. The molecule has 100 valence electrons. The van der Waals surface area contributed by atoms with Gasteiger partial charge in [0.15, 0.2) is 0 Å². The smallest absolute Gasteiger partial charge is 0.206 e. The van der Waals surface area contributed by atoms with E-state index in [0.29, 0.717) is 11.1 Å². The summed E-state index contributed by atoms with van der Waals surface area (Å²) < 4.78 is 24.6. The topological polar surface area (TPSA) is 74.6 Å². The average molecular weight is 278 g/mol. The first-order chi connectivity index (χ1) is 9.07. The Bertz CT molecular complexity index is 589. The van der Waals surface area contributed by atoms with Gasteiger partial charge in [0.25, 0.3) is 0 Å². The lowest BCUT2D eigenvalue weighted by atomic mass is 10.2. The van der Waals surface area contributed by atoms with Gasteiger partial charge in [-0.2, -0.15) is 0 Å². The molecule has 0 aliphatic heterocycles. The number of hydrogen-bond donors (Lipinski definition) is 2. The minimum Gasteiger partial charge on any atom is -0.392 e. The van der Waals surface area contributed by atoms with E-state index in [1.54, 1.807) is 24.3 Å². The Kier molecular flexibility index (Phi) is 3.99. The SMILES string of the molecule is O=S(=O)(c1ccc(CO)cc1)c1ccc(CO)cc1. The molecule has 2 aromatic carbocycles. The van der Waals surface area contributed by atoms with Gasteiger partial charge in [-0.3, -0.25) is 0 Å². The maximum atomic E-state index is 12.3. The fourth-order valence-corrected chi connectivity index (χ4v) is 2.95. The van der Waals surface area contributed by atoms with Gasteiger partial charge in [-0.15, -0.1) is 0 Å². The molecule has 0 aliphatic rings. The molecule has 2 aromatic rings. The van der Waals surface area contributed by atoms with E-state index in [-0.39, 0.29) is 23.0 Å². The number of hydrogen-bond acceptors (Lipinski definition) is 4. The van der Waals surface area contributed by atoms with Crippen molar-refractivity contribution in [3.8, 4) is 0 Å².